The molecule has 1 heterocycles. The van der Waals surface area contributed by atoms with Crippen molar-refractivity contribution in [2.45, 2.75) is 18.9 Å². The number of para-hydroxylation sites is 2. The van der Waals surface area contributed by atoms with E-state index < -0.39 is 5.60 Å². The van der Waals surface area contributed by atoms with Gasteiger partial charge in [0, 0.05) is 6.42 Å². The predicted molar refractivity (Wildman–Crippen MR) is 76.6 cm³/mol. The van der Waals surface area contributed by atoms with Crippen LogP contribution in [0.15, 0.2) is 66.6 Å². The fraction of sp³-hybridized carbons (Fsp3) is 0.176. The first-order chi connectivity index (χ1) is 9.65. The van der Waals surface area contributed by atoms with Crippen molar-refractivity contribution in [1.29, 1.82) is 0 Å². The van der Waals surface area contributed by atoms with Crippen LogP contribution in [0, 0.1) is 0 Å². The van der Waals surface area contributed by atoms with Gasteiger partial charge in [-0.05, 0) is 24.6 Å². The summed E-state index contributed by atoms with van der Waals surface area (Å²) < 4.78 is 11.3. The molecule has 1 aliphatic rings. The molecular formula is C17H16O3. The highest BCUT2D eigenvalue weighted by molar-refractivity contribution is 5.43. The highest BCUT2D eigenvalue weighted by Crippen LogP contribution is 2.35. The number of fused-ring (bicyclic) bond motifs is 1. The highest BCUT2D eigenvalue weighted by atomic mass is 16.6. The maximum atomic E-state index is 10.6. The minimum absolute atomic E-state index is 0.417. The van der Waals surface area contributed by atoms with E-state index in [0.717, 1.165) is 5.56 Å². The van der Waals surface area contributed by atoms with Gasteiger partial charge in [-0.25, -0.2) is 0 Å². The molecule has 20 heavy (non-hydrogen) atoms. The monoisotopic (exact) mass is 268 g/mol. The lowest BCUT2D eigenvalue weighted by molar-refractivity contribution is 0.0512. The average molecular weight is 268 g/mol. The molecule has 3 nitrogen and oxygen atoms in total. The van der Waals surface area contributed by atoms with Crippen LogP contribution in [-0.2, 0) is 6.42 Å². The molecule has 1 unspecified atom stereocenters. The number of ether oxygens (including phenoxy) is 2. The van der Waals surface area contributed by atoms with E-state index >= 15 is 0 Å². The third kappa shape index (κ3) is 2.53. The summed E-state index contributed by atoms with van der Waals surface area (Å²) in [5, 5.41) is 10.6. The third-order valence-electron chi connectivity index (χ3n) is 3.28. The molecule has 0 radical (unpaired) electrons. The first-order valence-corrected chi connectivity index (χ1v) is 6.56. The fourth-order valence-electron chi connectivity index (χ4n) is 2.21. The molecule has 0 bridgehead atoms. The Balaban J connectivity index is 1.81. The van der Waals surface area contributed by atoms with Crippen molar-refractivity contribution in [1.82, 2.24) is 0 Å². The van der Waals surface area contributed by atoms with Crippen LogP contribution >= 0.6 is 0 Å². The Morgan fingerprint density at radius 2 is 1.60 bits per heavy atom. The van der Waals surface area contributed by atoms with Gasteiger partial charge in [-0.15, -0.1) is 0 Å². The zero-order valence-electron chi connectivity index (χ0n) is 11.2. The quantitative estimate of drug-likeness (QED) is 0.928. The van der Waals surface area contributed by atoms with Gasteiger partial charge in [-0.3, -0.25) is 0 Å². The van der Waals surface area contributed by atoms with Gasteiger partial charge in [-0.1, -0.05) is 42.5 Å². The van der Waals surface area contributed by atoms with Crippen LogP contribution in [0.2, 0.25) is 0 Å². The summed E-state index contributed by atoms with van der Waals surface area (Å²) in [6.45, 7) is 1.73. The van der Waals surface area contributed by atoms with E-state index in [4.69, 9.17) is 9.47 Å². The fourth-order valence-corrected chi connectivity index (χ4v) is 2.21. The van der Waals surface area contributed by atoms with Gasteiger partial charge in [0.1, 0.15) is 11.9 Å². The second-order valence-electron chi connectivity index (χ2n) is 5.08. The first-order valence-electron chi connectivity index (χ1n) is 6.56. The molecule has 1 aliphatic heterocycles. The lowest BCUT2D eigenvalue weighted by Gasteiger charge is -2.29. The third-order valence-corrected chi connectivity index (χ3v) is 3.28. The smallest absolute Gasteiger partial charge is 0.171 e. The van der Waals surface area contributed by atoms with Crippen LogP contribution in [0.1, 0.15) is 12.5 Å². The minimum atomic E-state index is -1.12. The van der Waals surface area contributed by atoms with E-state index in [1.807, 2.05) is 54.6 Å². The summed E-state index contributed by atoms with van der Waals surface area (Å²) in [4.78, 5) is 0. The second kappa shape index (κ2) is 5.02. The molecule has 0 amide bonds. The molecular weight excluding hydrogens is 252 g/mol. The molecule has 2 aromatic rings. The Bertz CT molecular complexity index is 630. The van der Waals surface area contributed by atoms with Crippen LogP contribution in [-0.4, -0.2) is 10.7 Å². The molecule has 3 heteroatoms. The summed E-state index contributed by atoms with van der Waals surface area (Å²) >= 11 is 0. The predicted octanol–water partition coefficient (Wildman–Crippen LogP) is 3.29. The van der Waals surface area contributed by atoms with Crippen molar-refractivity contribution >= 4 is 0 Å². The zero-order valence-corrected chi connectivity index (χ0v) is 11.2. The van der Waals surface area contributed by atoms with Gasteiger partial charge in [-0.2, -0.15) is 0 Å². The molecule has 0 aliphatic carbocycles. The van der Waals surface area contributed by atoms with Gasteiger partial charge in [0.25, 0.3) is 0 Å². The maximum Gasteiger partial charge on any atom is 0.171 e. The molecule has 1 atom stereocenters. The number of hydrogen-bond acceptors (Lipinski definition) is 3. The second-order valence-corrected chi connectivity index (χ2v) is 5.08. The van der Waals surface area contributed by atoms with Gasteiger partial charge >= 0.3 is 0 Å². The van der Waals surface area contributed by atoms with Crippen molar-refractivity contribution in [3.63, 3.8) is 0 Å². The largest absolute Gasteiger partial charge is 0.457 e. The normalized spacial score (nSPS) is 16.2. The lowest BCUT2D eigenvalue weighted by atomic mass is 9.94. The van der Waals surface area contributed by atoms with E-state index in [1.54, 1.807) is 6.92 Å². The van der Waals surface area contributed by atoms with Crippen molar-refractivity contribution in [3.8, 4) is 11.5 Å². The Kier molecular flexibility index (Phi) is 3.20. The van der Waals surface area contributed by atoms with Crippen LogP contribution < -0.4 is 9.47 Å². The molecule has 1 N–H and O–H groups in total. The minimum Gasteiger partial charge on any atom is -0.457 e. The molecule has 3 rings (SSSR count). The van der Waals surface area contributed by atoms with Gasteiger partial charge in [0.05, 0.1) is 0 Å². The number of aliphatic hydroxyl groups is 1. The number of hydrogen-bond donors (Lipinski definition) is 1. The van der Waals surface area contributed by atoms with Crippen molar-refractivity contribution in [3.05, 3.63) is 72.2 Å². The zero-order chi connectivity index (χ0) is 14.0. The lowest BCUT2D eigenvalue weighted by Crippen LogP contribution is -2.34. The van der Waals surface area contributed by atoms with E-state index in [9.17, 15) is 5.11 Å². The number of rotatable bonds is 3. The van der Waals surface area contributed by atoms with Gasteiger partial charge in [0.15, 0.2) is 17.3 Å². The molecule has 2 aromatic carbocycles. The maximum absolute atomic E-state index is 10.6. The summed E-state index contributed by atoms with van der Waals surface area (Å²) in [7, 11) is 0. The molecule has 0 spiro atoms. The Labute approximate surface area is 118 Å². The molecule has 0 aromatic heterocycles. The summed E-state index contributed by atoms with van der Waals surface area (Å²) in [5.74, 6) is 1.70. The highest BCUT2D eigenvalue weighted by Gasteiger charge is 2.31. The average Bonchev–Trinajstić information content (AvgIpc) is 2.47. The van der Waals surface area contributed by atoms with Crippen molar-refractivity contribution in [2.75, 3.05) is 0 Å². The van der Waals surface area contributed by atoms with Crippen molar-refractivity contribution < 1.29 is 14.6 Å². The van der Waals surface area contributed by atoms with E-state index in [2.05, 4.69) is 0 Å². The SMILES string of the molecule is CC(O)(Cc1ccccc1)C1=COc2ccccc2O1. The van der Waals surface area contributed by atoms with Crippen LogP contribution in [0.25, 0.3) is 0 Å². The Morgan fingerprint density at radius 3 is 2.35 bits per heavy atom. The van der Waals surface area contributed by atoms with Crippen LogP contribution in [0.3, 0.4) is 0 Å². The van der Waals surface area contributed by atoms with Crippen molar-refractivity contribution in [2.24, 2.45) is 0 Å². The van der Waals surface area contributed by atoms with Crippen LogP contribution in [0.5, 0.6) is 11.5 Å². The van der Waals surface area contributed by atoms with Crippen LogP contribution in [0.4, 0.5) is 0 Å². The molecule has 0 saturated heterocycles. The van der Waals surface area contributed by atoms with Gasteiger partial charge < -0.3 is 14.6 Å². The summed E-state index contributed by atoms with van der Waals surface area (Å²) in [6, 6.07) is 17.2. The standard InChI is InChI=1S/C17H16O3/c1-17(18,11-13-7-3-2-4-8-13)16-12-19-14-9-5-6-10-15(14)20-16/h2-10,12,18H,11H2,1H3. The Morgan fingerprint density at radius 1 is 0.950 bits per heavy atom. The van der Waals surface area contributed by atoms with E-state index in [1.165, 1.54) is 6.26 Å². The van der Waals surface area contributed by atoms with Gasteiger partial charge in [0.2, 0.25) is 0 Å². The molecule has 0 fully saturated rings. The Hall–Kier alpha value is -2.26. The molecule has 102 valence electrons. The van der Waals surface area contributed by atoms with E-state index in [-0.39, 0.29) is 0 Å². The number of benzene rings is 2. The molecule has 0 saturated carbocycles. The first kappa shape index (κ1) is 12.8. The summed E-state index contributed by atoms with van der Waals surface area (Å²) in [5.41, 5.74) is -0.0737. The summed E-state index contributed by atoms with van der Waals surface area (Å²) in [6.07, 6.45) is 1.94. The topological polar surface area (TPSA) is 38.7 Å². The van der Waals surface area contributed by atoms with E-state index in [0.29, 0.717) is 23.7 Å².